The van der Waals surface area contributed by atoms with Crippen LogP contribution in [0.15, 0.2) is 17.5 Å². The number of hydrogen-bond donors (Lipinski definition) is 2. The molecule has 4 heteroatoms. The van der Waals surface area contributed by atoms with Crippen molar-refractivity contribution in [2.75, 3.05) is 6.61 Å². The van der Waals surface area contributed by atoms with Crippen molar-refractivity contribution < 1.29 is 9.90 Å². The van der Waals surface area contributed by atoms with Gasteiger partial charge in [-0.15, -0.1) is 11.3 Å². The van der Waals surface area contributed by atoms with Gasteiger partial charge in [-0.25, -0.2) is 0 Å². The van der Waals surface area contributed by atoms with E-state index in [0.717, 1.165) is 11.3 Å². The Hall–Kier alpha value is -0.870. The van der Waals surface area contributed by atoms with Crippen LogP contribution in [-0.4, -0.2) is 23.7 Å². The fourth-order valence-electron chi connectivity index (χ4n) is 1.27. The molecule has 13 heavy (non-hydrogen) atoms. The first kappa shape index (κ1) is 8.72. The third-order valence-electron chi connectivity index (χ3n) is 2.22. The van der Waals surface area contributed by atoms with Crippen LogP contribution in [-0.2, 0) is 0 Å². The Morgan fingerprint density at radius 2 is 2.62 bits per heavy atom. The average Bonchev–Trinajstić information content (AvgIpc) is 2.68. The monoisotopic (exact) mass is 197 g/mol. The Morgan fingerprint density at radius 1 is 1.77 bits per heavy atom. The van der Waals surface area contributed by atoms with Crippen molar-refractivity contribution >= 4 is 17.2 Å². The largest absolute Gasteiger partial charge is 0.396 e. The molecule has 2 rings (SSSR count). The van der Waals surface area contributed by atoms with Gasteiger partial charge in [-0.2, -0.15) is 0 Å². The van der Waals surface area contributed by atoms with E-state index in [1.54, 1.807) is 6.07 Å². The molecular formula is C9H11NO2S. The van der Waals surface area contributed by atoms with Crippen LogP contribution in [0, 0.1) is 5.92 Å². The number of thiophene rings is 1. The Labute approximate surface area is 80.4 Å². The molecule has 0 bridgehead atoms. The van der Waals surface area contributed by atoms with Crippen molar-refractivity contribution in [3.05, 3.63) is 22.4 Å². The average molecular weight is 197 g/mol. The Morgan fingerprint density at radius 3 is 3.15 bits per heavy atom. The Balaban J connectivity index is 1.87. The van der Waals surface area contributed by atoms with E-state index < -0.39 is 0 Å². The van der Waals surface area contributed by atoms with Gasteiger partial charge in [0.05, 0.1) is 4.88 Å². The summed E-state index contributed by atoms with van der Waals surface area (Å²) in [5, 5.41) is 13.5. The van der Waals surface area contributed by atoms with Gasteiger partial charge in [0.15, 0.2) is 0 Å². The van der Waals surface area contributed by atoms with Gasteiger partial charge in [0, 0.05) is 18.6 Å². The third kappa shape index (κ3) is 1.89. The van der Waals surface area contributed by atoms with Gasteiger partial charge in [-0.05, 0) is 17.9 Å². The maximum Gasteiger partial charge on any atom is 0.261 e. The maximum absolute atomic E-state index is 11.4. The SMILES string of the molecule is O=C(N[C@@H]1C[C@H]1CO)c1cccs1. The van der Waals surface area contributed by atoms with Gasteiger partial charge < -0.3 is 10.4 Å². The Bertz CT molecular complexity index is 297. The van der Waals surface area contributed by atoms with Gasteiger partial charge in [0.25, 0.3) is 5.91 Å². The minimum atomic E-state index is -0.0176. The van der Waals surface area contributed by atoms with Crippen LogP contribution >= 0.6 is 11.3 Å². The molecule has 2 atom stereocenters. The summed E-state index contributed by atoms with van der Waals surface area (Å²) in [6.07, 6.45) is 0.910. The van der Waals surface area contributed by atoms with E-state index in [9.17, 15) is 4.79 Å². The fourth-order valence-corrected chi connectivity index (χ4v) is 1.90. The molecule has 1 aliphatic carbocycles. The van der Waals surface area contributed by atoms with E-state index in [0.29, 0.717) is 0 Å². The van der Waals surface area contributed by atoms with Crippen LogP contribution in [0.3, 0.4) is 0 Å². The highest BCUT2D eigenvalue weighted by molar-refractivity contribution is 7.12. The molecule has 1 aromatic heterocycles. The fraction of sp³-hybridized carbons (Fsp3) is 0.444. The lowest BCUT2D eigenvalue weighted by Crippen LogP contribution is -2.26. The number of aliphatic hydroxyl groups is 1. The number of amides is 1. The molecule has 1 aliphatic rings. The number of nitrogens with one attached hydrogen (secondary N) is 1. The lowest BCUT2D eigenvalue weighted by atomic mass is 10.4. The molecular weight excluding hydrogens is 186 g/mol. The van der Waals surface area contributed by atoms with Crippen LogP contribution in [0.4, 0.5) is 0 Å². The van der Waals surface area contributed by atoms with Crippen LogP contribution < -0.4 is 5.32 Å². The zero-order valence-electron chi connectivity index (χ0n) is 7.06. The van der Waals surface area contributed by atoms with Gasteiger partial charge in [-0.3, -0.25) is 4.79 Å². The first-order valence-corrected chi connectivity index (χ1v) is 5.14. The second-order valence-corrected chi connectivity index (χ2v) is 4.18. The molecule has 0 spiro atoms. The molecule has 0 aliphatic heterocycles. The van der Waals surface area contributed by atoms with Crippen LogP contribution in [0.5, 0.6) is 0 Å². The first-order valence-electron chi connectivity index (χ1n) is 4.26. The van der Waals surface area contributed by atoms with Crippen molar-refractivity contribution in [3.63, 3.8) is 0 Å². The summed E-state index contributed by atoms with van der Waals surface area (Å²) in [5.41, 5.74) is 0. The summed E-state index contributed by atoms with van der Waals surface area (Å²) in [4.78, 5) is 12.2. The molecule has 1 amide bonds. The highest BCUT2D eigenvalue weighted by Crippen LogP contribution is 2.29. The van der Waals surface area contributed by atoms with Crippen molar-refractivity contribution in [1.82, 2.24) is 5.32 Å². The van der Waals surface area contributed by atoms with Gasteiger partial charge in [-0.1, -0.05) is 6.07 Å². The summed E-state index contributed by atoms with van der Waals surface area (Å²) < 4.78 is 0. The molecule has 70 valence electrons. The normalized spacial score (nSPS) is 25.6. The van der Waals surface area contributed by atoms with Crippen LogP contribution in [0.2, 0.25) is 0 Å². The first-order chi connectivity index (χ1) is 6.31. The highest BCUT2D eigenvalue weighted by Gasteiger charge is 2.37. The minimum absolute atomic E-state index is 0.0176. The summed E-state index contributed by atoms with van der Waals surface area (Å²) >= 11 is 1.44. The number of aliphatic hydroxyl groups excluding tert-OH is 1. The van der Waals surface area contributed by atoms with Crippen LogP contribution in [0.25, 0.3) is 0 Å². The quantitative estimate of drug-likeness (QED) is 0.755. The van der Waals surface area contributed by atoms with E-state index in [1.165, 1.54) is 11.3 Å². The molecule has 0 saturated heterocycles. The second kappa shape index (κ2) is 3.47. The lowest BCUT2D eigenvalue weighted by Gasteiger charge is -2.00. The standard InChI is InChI=1S/C9H11NO2S/c11-5-6-4-7(6)10-9(12)8-2-1-3-13-8/h1-3,6-7,11H,4-5H2,(H,10,12)/t6-,7+/m0/s1. The van der Waals surface area contributed by atoms with Gasteiger partial charge in [0.1, 0.15) is 0 Å². The summed E-state index contributed by atoms with van der Waals surface area (Å²) in [6.45, 7) is 0.176. The topological polar surface area (TPSA) is 49.3 Å². The molecule has 0 unspecified atom stereocenters. The van der Waals surface area contributed by atoms with E-state index >= 15 is 0 Å². The van der Waals surface area contributed by atoms with E-state index in [2.05, 4.69) is 5.32 Å². The third-order valence-corrected chi connectivity index (χ3v) is 3.09. The Kier molecular flexibility index (Phi) is 2.33. The minimum Gasteiger partial charge on any atom is -0.396 e. The molecule has 0 radical (unpaired) electrons. The zero-order chi connectivity index (χ0) is 9.26. The van der Waals surface area contributed by atoms with E-state index in [-0.39, 0.29) is 24.5 Å². The molecule has 0 aromatic carbocycles. The van der Waals surface area contributed by atoms with Crippen molar-refractivity contribution in [2.45, 2.75) is 12.5 Å². The molecule has 1 fully saturated rings. The number of hydrogen-bond acceptors (Lipinski definition) is 3. The number of carbonyl (C=O) groups is 1. The predicted molar refractivity (Wildman–Crippen MR) is 50.8 cm³/mol. The second-order valence-electron chi connectivity index (χ2n) is 3.24. The van der Waals surface area contributed by atoms with E-state index in [1.807, 2.05) is 11.4 Å². The summed E-state index contributed by atoms with van der Waals surface area (Å²) in [6, 6.07) is 3.85. The van der Waals surface area contributed by atoms with Gasteiger partial charge in [0.2, 0.25) is 0 Å². The predicted octanol–water partition coefficient (Wildman–Crippen LogP) is 0.859. The molecule has 3 nitrogen and oxygen atoms in total. The zero-order valence-corrected chi connectivity index (χ0v) is 7.88. The van der Waals surface area contributed by atoms with Gasteiger partial charge >= 0.3 is 0 Å². The van der Waals surface area contributed by atoms with E-state index in [4.69, 9.17) is 5.11 Å². The van der Waals surface area contributed by atoms with Crippen LogP contribution in [0.1, 0.15) is 16.1 Å². The van der Waals surface area contributed by atoms with Crippen molar-refractivity contribution in [2.24, 2.45) is 5.92 Å². The molecule has 1 saturated carbocycles. The number of rotatable bonds is 3. The van der Waals surface area contributed by atoms with Crippen molar-refractivity contribution in [3.8, 4) is 0 Å². The number of carbonyl (C=O) groups excluding carboxylic acids is 1. The molecule has 2 N–H and O–H groups in total. The molecule has 1 aromatic rings. The smallest absolute Gasteiger partial charge is 0.261 e. The highest BCUT2D eigenvalue weighted by atomic mass is 32.1. The maximum atomic E-state index is 11.4. The van der Waals surface area contributed by atoms with Crippen molar-refractivity contribution in [1.29, 1.82) is 0 Å². The molecule has 1 heterocycles. The lowest BCUT2D eigenvalue weighted by molar-refractivity contribution is 0.0951. The summed E-state index contributed by atoms with van der Waals surface area (Å²) in [5.74, 6) is 0.264. The summed E-state index contributed by atoms with van der Waals surface area (Å²) in [7, 11) is 0.